The molecule has 0 bridgehead atoms. The number of hydrogen-bond donors (Lipinski definition) is 2. The molecule has 5 nitrogen and oxygen atoms in total. The summed E-state index contributed by atoms with van der Waals surface area (Å²) in [5.41, 5.74) is 0.200. The second-order valence-electron chi connectivity index (χ2n) is 2.29. The van der Waals surface area contributed by atoms with E-state index in [4.69, 9.17) is 5.11 Å². The van der Waals surface area contributed by atoms with Crippen molar-refractivity contribution in [1.82, 2.24) is 3.71 Å². The number of nitrogens with zero attached hydrogens (tertiary/aromatic N) is 1. The Hall–Kier alpha value is -0.690. The lowest BCUT2D eigenvalue weighted by atomic mass is 10.3. The Kier molecular flexibility index (Phi) is 2.34. The summed E-state index contributed by atoms with van der Waals surface area (Å²) in [7, 11) is -3.38. The van der Waals surface area contributed by atoms with E-state index < -0.39 is 16.0 Å². The van der Waals surface area contributed by atoms with Crippen molar-refractivity contribution in [3.8, 4) is 0 Å². The van der Waals surface area contributed by atoms with E-state index in [0.717, 1.165) is 0 Å². The molecule has 0 saturated carbocycles. The van der Waals surface area contributed by atoms with E-state index in [1.807, 2.05) is 0 Å². The lowest BCUT2D eigenvalue weighted by molar-refractivity contribution is -0.136. The zero-order chi connectivity index (χ0) is 9.35. The molecule has 68 valence electrons. The third kappa shape index (κ3) is 1.72. The third-order valence-electron chi connectivity index (χ3n) is 1.37. The van der Waals surface area contributed by atoms with Crippen LogP contribution in [0.3, 0.4) is 0 Å². The van der Waals surface area contributed by atoms with Crippen molar-refractivity contribution in [2.24, 2.45) is 0 Å². The Bertz CT molecular complexity index is 331. The molecule has 0 fully saturated rings. The van der Waals surface area contributed by atoms with E-state index in [-0.39, 0.29) is 17.9 Å². The first-order chi connectivity index (χ1) is 5.43. The molecule has 0 spiro atoms. The number of aliphatic carboxylic acids is 1. The molecule has 12 heavy (non-hydrogen) atoms. The molecule has 0 aliphatic carbocycles. The Morgan fingerprint density at radius 1 is 1.75 bits per heavy atom. The Balaban J connectivity index is 2.79. The molecule has 0 saturated heterocycles. The Morgan fingerprint density at radius 2 is 2.33 bits per heavy atom. The van der Waals surface area contributed by atoms with Gasteiger partial charge in [0.15, 0.2) is 0 Å². The average Bonchev–Trinajstić information content (AvgIpc) is 2.15. The lowest BCUT2D eigenvalue weighted by Crippen LogP contribution is -2.17. The van der Waals surface area contributed by atoms with Gasteiger partial charge in [0.2, 0.25) is 10.0 Å². The number of carboxylic acid groups (broad SMARTS) is 1. The van der Waals surface area contributed by atoms with E-state index >= 15 is 0 Å². The molecular weight excluding hydrogens is 202 g/mol. The molecule has 0 aromatic heterocycles. The van der Waals surface area contributed by atoms with Gasteiger partial charge in [-0.05, 0) is 6.08 Å². The molecule has 1 N–H and O–H groups in total. The number of sulfonamides is 1. The fourth-order valence-corrected chi connectivity index (χ4v) is 2.22. The van der Waals surface area contributed by atoms with E-state index in [9.17, 15) is 13.2 Å². The van der Waals surface area contributed by atoms with Crippen LogP contribution < -0.4 is 0 Å². The normalized spacial score (nSPS) is 20.8. The molecule has 0 atom stereocenters. The zero-order valence-corrected chi connectivity index (χ0v) is 7.68. The van der Waals surface area contributed by atoms with Crippen LogP contribution in [0.1, 0.15) is 6.42 Å². The van der Waals surface area contributed by atoms with Crippen molar-refractivity contribution in [1.29, 1.82) is 0 Å². The van der Waals surface area contributed by atoms with E-state index in [2.05, 4.69) is 12.8 Å². The van der Waals surface area contributed by atoms with Crippen LogP contribution in [0.25, 0.3) is 0 Å². The summed E-state index contributed by atoms with van der Waals surface area (Å²) >= 11 is 3.66. The molecule has 0 unspecified atom stereocenters. The van der Waals surface area contributed by atoms with Crippen LogP contribution in [-0.4, -0.2) is 29.0 Å². The SMILES string of the molecule is O=C(O)CC1=CCS(=O)(=O)N1S. The summed E-state index contributed by atoms with van der Waals surface area (Å²) < 4.78 is 22.6. The number of carbonyl (C=O) groups is 1. The largest absolute Gasteiger partial charge is 0.481 e. The van der Waals surface area contributed by atoms with Gasteiger partial charge in [0, 0.05) is 5.70 Å². The van der Waals surface area contributed by atoms with Crippen LogP contribution in [0.2, 0.25) is 0 Å². The van der Waals surface area contributed by atoms with Crippen LogP contribution in [0, 0.1) is 0 Å². The van der Waals surface area contributed by atoms with E-state index in [0.29, 0.717) is 3.71 Å². The standard InChI is InChI=1S/C5H7NO4S2/c7-5(8)3-4-1-2-12(9,10)6(4)11/h1,11H,2-3H2,(H,7,8). The highest BCUT2D eigenvalue weighted by atomic mass is 32.3. The van der Waals surface area contributed by atoms with Crippen LogP contribution in [0.5, 0.6) is 0 Å². The number of thiol groups is 1. The van der Waals surface area contributed by atoms with Crippen LogP contribution in [0.15, 0.2) is 11.8 Å². The molecule has 0 amide bonds. The Morgan fingerprint density at radius 3 is 2.67 bits per heavy atom. The molecule has 7 heteroatoms. The van der Waals surface area contributed by atoms with Gasteiger partial charge in [0.05, 0.1) is 12.2 Å². The minimum absolute atomic E-state index is 0.168. The second-order valence-corrected chi connectivity index (χ2v) is 4.82. The fourth-order valence-electron chi connectivity index (χ4n) is 0.824. The molecule has 1 rings (SSSR count). The smallest absolute Gasteiger partial charge is 0.309 e. The predicted octanol–water partition coefficient (Wildman–Crippen LogP) is -0.165. The number of rotatable bonds is 2. The molecule has 0 aromatic carbocycles. The highest BCUT2D eigenvalue weighted by molar-refractivity contribution is 8.00. The summed E-state index contributed by atoms with van der Waals surface area (Å²) in [6.07, 6.45) is 1.03. The predicted molar refractivity (Wildman–Crippen MR) is 44.9 cm³/mol. The molecule has 1 aliphatic rings. The van der Waals surface area contributed by atoms with Gasteiger partial charge < -0.3 is 5.11 Å². The van der Waals surface area contributed by atoms with Crippen molar-refractivity contribution < 1.29 is 18.3 Å². The minimum Gasteiger partial charge on any atom is -0.481 e. The van der Waals surface area contributed by atoms with Gasteiger partial charge in [-0.25, -0.2) is 12.1 Å². The van der Waals surface area contributed by atoms with E-state index in [1.54, 1.807) is 0 Å². The summed E-state index contributed by atoms with van der Waals surface area (Å²) in [5, 5.41) is 8.37. The zero-order valence-electron chi connectivity index (χ0n) is 5.97. The monoisotopic (exact) mass is 209 g/mol. The maximum atomic E-state index is 11.0. The van der Waals surface area contributed by atoms with Gasteiger partial charge in [-0.2, -0.15) is 0 Å². The topological polar surface area (TPSA) is 74.7 Å². The molecular formula is C5H7NO4S2. The van der Waals surface area contributed by atoms with Gasteiger partial charge in [0.1, 0.15) is 0 Å². The summed E-state index contributed by atoms with van der Waals surface area (Å²) in [5.74, 6) is -1.24. The van der Waals surface area contributed by atoms with Gasteiger partial charge in [-0.1, -0.05) is 12.8 Å². The van der Waals surface area contributed by atoms with Crippen molar-refractivity contribution in [3.05, 3.63) is 11.8 Å². The first-order valence-electron chi connectivity index (χ1n) is 3.06. The molecule has 1 heterocycles. The Labute approximate surface area is 75.3 Å². The lowest BCUT2D eigenvalue weighted by Gasteiger charge is -2.11. The van der Waals surface area contributed by atoms with E-state index in [1.165, 1.54) is 6.08 Å². The first kappa shape index (κ1) is 9.40. The maximum Gasteiger partial charge on any atom is 0.309 e. The highest BCUT2D eigenvalue weighted by Gasteiger charge is 2.27. The van der Waals surface area contributed by atoms with Crippen LogP contribution >= 0.6 is 12.8 Å². The summed E-state index contributed by atoms with van der Waals surface area (Å²) in [6.45, 7) is 0. The van der Waals surface area contributed by atoms with Gasteiger partial charge in [-0.15, -0.1) is 0 Å². The molecule has 0 aromatic rings. The van der Waals surface area contributed by atoms with Gasteiger partial charge in [-0.3, -0.25) is 4.79 Å². The van der Waals surface area contributed by atoms with Gasteiger partial charge in [0.25, 0.3) is 0 Å². The number of hydrogen-bond acceptors (Lipinski definition) is 4. The highest BCUT2D eigenvalue weighted by Crippen LogP contribution is 2.23. The van der Waals surface area contributed by atoms with Crippen LogP contribution in [0.4, 0.5) is 0 Å². The third-order valence-corrected chi connectivity index (χ3v) is 3.72. The fraction of sp³-hybridized carbons (Fsp3) is 0.400. The maximum absolute atomic E-state index is 11.0. The second kappa shape index (κ2) is 2.98. The first-order valence-corrected chi connectivity index (χ1v) is 5.07. The van der Waals surface area contributed by atoms with Crippen LogP contribution in [-0.2, 0) is 14.8 Å². The summed E-state index contributed by atoms with van der Waals surface area (Å²) in [4.78, 5) is 10.2. The van der Waals surface area contributed by atoms with Crippen molar-refractivity contribution >= 4 is 28.8 Å². The minimum atomic E-state index is -3.38. The quantitative estimate of drug-likeness (QED) is 0.619. The van der Waals surface area contributed by atoms with Crippen molar-refractivity contribution in [3.63, 3.8) is 0 Å². The van der Waals surface area contributed by atoms with Gasteiger partial charge >= 0.3 is 5.97 Å². The van der Waals surface area contributed by atoms with Crippen molar-refractivity contribution in [2.75, 3.05) is 5.75 Å². The molecule has 0 radical (unpaired) electrons. The summed E-state index contributed by atoms with van der Waals surface area (Å²) in [6, 6.07) is 0. The number of carboxylic acids is 1. The van der Waals surface area contributed by atoms with Crippen molar-refractivity contribution in [2.45, 2.75) is 6.42 Å². The average molecular weight is 209 g/mol. The molecule has 1 aliphatic heterocycles.